The van der Waals surface area contributed by atoms with Gasteiger partial charge in [0.1, 0.15) is 6.07 Å². The number of nitriles is 1. The molecule has 0 spiro atoms. The molecule has 0 aromatic heterocycles. The molecule has 1 saturated heterocycles. The van der Waals surface area contributed by atoms with Crippen LogP contribution in [0.5, 0.6) is 0 Å². The lowest BCUT2D eigenvalue weighted by Crippen LogP contribution is -2.25. The van der Waals surface area contributed by atoms with E-state index in [9.17, 15) is 5.26 Å². The second kappa shape index (κ2) is 5.37. The summed E-state index contributed by atoms with van der Waals surface area (Å²) in [6, 6.07) is 2.61. The number of fused-ring (bicyclic) bond motifs is 3. The van der Waals surface area contributed by atoms with Crippen LogP contribution in [-0.4, -0.2) is 13.1 Å². The van der Waals surface area contributed by atoms with Crippen molar-refractivity contribution in [2.45, 2.75) is 64.2 Å². The minimum Gasteiger partial charge on any atom is -0.370 e. The molecule has 0 saturated carbocycles. The van der Waals surface area contributed by atoms with Crippen molar-refractivity contribution in [1.82, 2.24) is 0 Å². The lowest BCUT2D eigenvalue weighted by atomic mass is 9.77. The highest BCUT2D eigenvalue weighted by molar-refractivity contribution is 5.72. The zero-order chi connectivity index (χ0) is 14.2. The van der Waals surface area contributed by atoms with Crippen LogP contribution >= 0.6 is 0 Å². The van der Waals surface area contributed by atoms with Gasteiger partial charge in [-0.25, -0.2) is 0 Å². The van der Waals surface area contributed by atoms with Gasteiger partial charge in [-0.2, -0.15) is 5.26 Å². The Hall–Kier alpha value is -1.49. The van der Waals surface area contributed by atoms with Crippen LogP contribution < -0.4 is 4.90 Å². The van der Waals surface area contributed by atoms with Crippen LogP contribution in [0.15, 0.2) is 0 Å². The Morgan fingerprint density at radius 2 is 1.19 bits per heavy atom. The fourth-order valence-corrected chi connectivity index (χ4v) is 4.72. The topological polar surface area (TPSA) is 27.0 Å². The molecule has 0 N–H and O–H groups in total. The lowest BCUT2D eigenvalue weighted by molar-refractivity contribution is 0.637. The van der Waals surface area contributed by atoms with E-state index in [0.717, 1.165) is 25.1 Å². The molecule has 0 radical (unpaired) electrons. The van der Waals surface area contributed by atoms with Crippen molar-refractivity contribution in [3.63, 3.8) is 0 Å². The van der Waals surface area contributed by atoms with Crippen molar-refractivity contribution < 1.29 is 0 Å². The number of benzene rings is 1. The second-order valence-electron chi connectivity index (χ2n) is 6.86. The quantitative estimate of drug-likeness (QED) is 0.779. The molecular formula is C19H24N2. The Kier molecular flexibility index (Phi) is 3.37. The summed E-state index contributed by atoms with van der Waals surface area (Å²) in [6.07, 6.45) is 12.6. The van der Waals surface area contributed by atoms with E-state index in [4.69, 9.17) is 0 Å². The highest BCUT2D eigenvalue weighted by Crippen LogP contribution is 2.42. The van der Waals surface area contributed by atoms with Gasteiger partial charge in [0.05, 0.1) is 11.3 Å². The van der Waals surface area contributed by atoms with Gasteiger partial charge in [-0.1, -0.05) is 0 Å². The maximum atomic E-state index is 9.86. The Morgan fingerprint density at radius 3 is 1.81 bits per heavy atom. The first-order valence-corrected chi connectivity index (χ1v) is 8.74. The van der Waals surface area contributed by atoms with Crippen LogP contribution in [0.4, 0.5) is 5.69 Å². The minimum absolute atomic E-state index is 1.05. The molecule has 21 heavy (non-hydrogen) atoms. The summed E-state index contributed by atoms with van der Waals surface area (Å²) in [7, 11) is 0. The number of nitrogens with zero attached hydrogens (tertiary/aromatic N) is 2. The zero-order valence-electron chi connectivity index (χ0n) is 12.9. The third kappa shape index (κ3) is 2.06. The summed E-state index contributed by atoms with van der Waals surface area (Å²) in [5, 5.41) is 9.86. The third-order valence-electron chi connectivity index (χ3n) is 5.66. The molecule has 2 nitrogen and oxygen atoms in total. The Balaban J connectivity index is 1.97. The lowest BCUT2D eigenvalue weighted by Gasteiger charge is -2.33. The molecule has 1 fully saturated rings. The molecule has 1 aromatic rings. The van der Waals surface area contributed by atoms with Crippen LogP contribution in [0.1, 0.15) is 66.3 Å². The predicted octanol–water partition coefficient (Wildman–Crippen LogP) is 3.92. The predicted molar refractivity (Wildman–Crippen MR) is 85.9 cm³/mol. The summed E-state index contributed by atoms with van der Waals surface area (Å²) in [5.74, 6) is 0. The number of anilines is 1. The Morgan fingerprint density at radius 1 is 0.667 bits per heavy atom. The van der Waals surface area contributed by atoms with E-state index in [0.29, 0.717) is 0 Å². The van der Waals surface area contributed by atoms with Gasteiger partial charge in [-0.15, -0.1) is 0 Å². The first-order valence-electron chi connectivity index (χ1n) is 8.74. The first-order chi connectivity index (χ1) is 10.4. The van der Waals surface area contributed by atoms with Crippen molar-refractivity contribution in [2.75, 3.05) is 18.0 Å². The molecule has 0 atom stereocenters. The van der Waals surface area contributed by atoms with Crippen molar-refractivity contribution in [3.8, 4) is 6.07 Å². The Bertz CT molecular complexity index is 603. The van der Waals surface area contributed by atoms with Crippen LogP contribution in [0.2, 0.25) is 0 Å². The van der Waals surface area contributed by atoms with Crippen LogP contribution in [-0.2, 0) is 25.7 Å². The summed E-state index contributed by atoms with van der Waals surface area (Å²) in [5.41, 5.74) is 8.61. The largest absolute Gasteiger partial charge is 0.370 e. The SMILES string of the molecule is N#Cc1c2c(c3c(c1N1CCCC1)CCCC3)CCCC2. The monoisotopic (exact) mass is 280 g/mol. The maximum absolute atomic E-state index is 9.86. The first kappa shape index (κ1) is 13.2. The third-order valence-corrected chi connectivity index (χ3v) is 5.66. The molecule has 3 aliphatic rings. The van der Waals surface area contributed by atoms with Crippen molar-refractivity contribution in [1.29, 1.82) is 5.26 Å². The zero-order valence-corrected chi connectivity index (χ0v) is 12.9. The van der Waals surface area contributed by atoms with E-state index >= 15 is 0 Å². The van der Waals surface area contributed by atoms with Gasteiger partial charge in [0.25, 0.3) is 0 Å². The maximum Gasteiger partial charge on any atom is 0.102 e. The number of hydrogen-bond donors (Lipinski definition) is 0. The normalized spacial score (nSPS) is 20.8. The van der Waals surface area contributed by atoms with Gasteiger partial charge in [0, 0.05) is 13.1 Å². The molecule has 1 aliphatic heterocycles. The van der Waals surface area contributed by atoms with E-state index < -0.39 is 0 Å². The highest BCUT2D eigenvalue weighted by Gasteiger charge is 2.29. The van der Waals surface area contributed by atoms with E-state index in [1.165, 1.54) is 69.0 Å². The van der Waals surface area contributed by atoms with Gasteiger partial charge >= 0.3 is 0 Å². The summed E-state index contributed by atoms with van der Waals surface area (Å²) >= 11 is 0. The van der Waals surface area contributed by atoms with Crippen molar-refractivity contribution in [2.24, 2.45) is 0 Å². The molecule has 0 bridgehead atoms. The standard InChI is InChI=1S/C19H24N2/c20-13-18-16-9-2-1-7-14(16)15-8-3-4-10-17(15)19(18)21-11-5-6-12-21/h1-12H2. The van der Waals surface area contributed by atoms with Gasteiger partial charge in [0.15, 0.2) is 0 Å². The summed E-state index contributed by atoms with van der Waals surface area (Å²) in [6.45, 7) is 2.31. The molecule has 1 aromatic carbocycles. The Labute approximate surface area is 127 Å². The molecule has 2 aliphatic carbocycles. The van der Waals surface area contributed by atoms with Crippen LogP contribution in [0.3, 0.4) is 0 Å². The van der Waals surface area contributed by atoms with Gasteiger partial charge in [0.2, 0.25) is 0 Å². The number of rotatable bonds is 1. The average molecular weight is 280 g/mol. The molecule has 110 valence electrons. The molecule has 0 unspecified atom stereocenters. The van der Waals surface area contributed by atoms with E-state index in [-0.39, 0.29) is 0 Å². The minimum atomic E-state index is 1.05. The van der Waals surface area contributed by atoms with Crippen molar-refractivity contribution in [3.05, 3.63) is 27.8 Å². The molecular weight excluding hydrogens is 256 g/mol. The van der Waals surface area contributed by atoms with E-state index in [1.54, 1.807) is 16.7 Å². The van der Waals surface area contributed by atoms with Crippen molar-refractivity contribution >= 4 is 5.69 Å². The highest BCUT2D eigenvalue weighted by atomic mass is 15.1. The smallest absolute Gasteiger partial charge is 0.102 e. The van der Waals surface area contributed by atoms with Gasteiger partial charge in [-0.05, 0) is 86.5 Å². The number of hydrogen-bond acceptors (Lipinski definition) is 2. The molecule has 1 heterocycles. The average Bonchev–Trinajstić information content (AvgIpc) is 3.07. The summed E-state index contributed by atoms with van der Waals surface area (Å²) < 4.78 is 0. The van der Waals surface area contributed by atoms with Gasteiger partial charge in [-0.3, -0.25) is 0 Å². The fraction of sp³-hybridized carbons (Fsp3) is 0.632. The molecule has 2 heteroatoms. The molecule has 0 amide bonds. The second-order valence-corrected chi connectivity index (χ2v) is 6.86. The fourth-order valence-electron chi connectivity index (χ4n) is 4.72. The van der Waals surface area contributed by atoms with Gasteiger partial charge < -0.3 is 4.90 Å². The van der Waals surface area contributed by atoms with Crippen LogP contribution in [0, 0.1) is 11.3 Å². The summed E-state index contributed by atoms with van der Waals surface area (Å²) in [4.78, 5) is 2.53. The van der Waals surface area contributed by atoms with E-state index in [2.05, 4.69) is 11.0 Å². The molecule has 4 rings (SSSR count). The van der Waals surface area contributed by atoms with Crippen LogP contribution in [0.25, 0.3) is 0 Å². The van der Waals surface area contributed by atoms with E-state index in [1.807, 2.05) is 0 Å².